The van der Waals surface area contributed by atoms with E-state index in [4.69, 9.17) is 9.47 Å². The van der Waals surface area contributed by atoms with Crippen LogP contribution in [0, 0.1) is 0 Å². The van der Waals surface area contributed by atoms with Gasteiger partial charge in [-0.2, -0.15) is 0 Å². The molecule has 1 heterocycles. The number of methoxy groups -OCH3 is 2. The van der Waals surface area contributed by atoms with Gasteiger partial charge < -0.3 is 19.7 Å². The quantitative estimate of drug-likeness (QED) is 0.402. The number of nitrogens with zero attached hydrogens (tertiary/aromatic N) is 2. The minimum atomic E-state index is -4.13. The van der Waals surface area contributed by atoms with Crippen LogP contribution in [-0.4, -0.2) is 52.4 Å². The summed E-state index contributed by atoms with van der Waals surface area (Å²) in [6, 6.07) is 20.2. The molecule has 0 spiro atoms. The minimum absolute atomic E-state index is 0.0117. The molecule has 38 heavy (non-hydrogen) atoms. The van der Waals surface area contributed by atoms with Crippen molar-refractivity contribution in [1.82, 2.24) is 10.2 Å². The Morgan fingerprint density at radius 3 is 2.29 bits per heavy atom. The van der Waals surface area contributed by atoms with Crippen molar-refractivity contribution >= 4 is 27.5 Å². The number of likely N-dealkylation sites (tertiary alicyclic amines) is 1. The Bertz CT molecular complexity index is 1390. The number of amides is 2. The number of hydrogen-bond donors (Lipinski definition) is 1. The summed E-state index contributed by atoms with van der Waals surface area (Å²) in [5.74, 6) is 0.470. The normalized spacial score (nSPS) is 13.3. The molecule has 0 aliphatic carbocycles. The summed E-state index contributed by atoms with van der Waals surface area (Å²) >= 11 is 0. The zero-order chi connectivity index (χ0) is 27.1. The summed E-state index contributed by atoms with van der Waals surface area (Å²) in [5.41, 5.74) is 2.05. The zero-order valence-corrected chi connectivity index (χ0v) is 22.2. The van der Waals surface area contributed by atoms with Crippen LogP contribution in [0.2, 0.25) is 0 Å². The van der Waals surface area contributed by atoms with Crippen LogP contribution in [0.3, 0.4) is 0 Å². The van der Waals surface area contributed by atoms with Gasteiger partial charge in [0.1, 0.15) is 18.0 Å². The first-order chi connectivity index (χ1) is 18.3. The molecule has 0 bridgehead atoms. The Kier molecular flexibility index (Phi) is 8.52. The summed E-state index contributed by atoms with van der Waals surface area (Å²) in [6.07, 6.45) is 1.40. The van der Waals surface area contributed by atoms with Gasteiger partial charge in [-0.3, -0.25) is 13.9 Å². The van der Waals surface area contributed by atoms with Gasteiger partial charge in [-0.05, 0) is 53.9 Å². The second kappa shape index (κ2) is 12.0. The molecule has 200 valence electrons. The maximum atomic E-state index is 13.7. The van der Waals surface area contributed by atoms with Gasteiger partial charge in [0.05, 0.1) is 24.8 Å². The SMILES string of the molecule is COc1ccc(S(=O)(=O)N(CC(=O)NCc2ccccc2CN2CCCC2=O)c2ccccc2OC)cc1. The summed E-state index contributed by atoms with van der Waals surface area (Å²) in [5, 5.41) is 2.85. The predicted octanol–water partition coefficient (Wildman–Crippen LogP) is 3.34. The van der Waals surface area contributed by atoms with Crippen LogP contribution in [0.25, 0.3) is 0 Å². The van der Waals surface area contributed by atoms with Crippen LogP contribution in [0.5, 0.6) is 11.5 Å². The van der Waals surface area contributed by atoms with Gasteiger partial charge in [-0.25, -0.2) is 8.42 Å². The van der Waals surface area contributed by atoms with Gasteiger partial charge >= 0.3 is 0 Å². The van der Waals surface area contributed by atoms with Gasteiger partial charge in [-0.15, -0.1) is 0 Å². The van der Waals surface area contributed by atoms with Crippen molar-refractivity contribution in [2.45, 2.75) is 30.8 Å². The van der Waals surface area contributed by atoms with Gasteiger partial charge in [-0.1, -0.05) is 36.4 Å². The van der Waals surface area contributed by atoms with E-state index in [-0.39, 0.29) is 23.0 Å². The average Bonchev–Trinajstić information content (AvgIpc) is 3.35. The number of sulfonamides is 1. The number of para-hydroxylation sites is 2. The van der Waals surface area contributed by atoms with E-state index in [2.05, 4.69) is 5.32 Å². The van der Waals surface area contributed by atoms with E-state index in [0.29, 0.717) is 24.5 Å². The third-order valence-electron chi connectivity index (χ3n) is 6.42. The number of hydrogen-bond acceptors (Lipinski definition) is 6. The standard InChI is InChI=1S/C28H31N3O6S/c1-36-23-13-15-24(16-14-23)38(34,35)31(25-10-5-6-11-26(25)37-2)20-27(32)29-18-21-8-3-4-9-22(21)19-30-17-7-12-28(30)33/h3-6,8-11,13-16H,7,12,17-20H2,1-2H3,(H,29,32). The molecule has 4 rings (SSSR count). The van der Waals surface area contributed by atoms with Crippen molar-refractivity contribution in [2.24, 2.45) is 0 Å². The molecule has 0 aromatic heterocycles. The van der Waals surface area contributed by atoms with Gasteiger partial charge in [0.25, 0.3) is 10.0 Å². The lowest BCUT2D eigenvalue weighted by Crippen LogP contribution is -2.41. The Morgan fingerprint density at radius 1 is 0.947 bits per heavy atom. The molecule has 2 amide bonds. The first kappa shape index (κ1) is 27.0. The van der Waals surface area contributed by atoms with E-state index in [1.54, 1.807) is 36.4 Å². The molecule has 10 heteroatoms. The lowest BCUT2D eigenvalue weighted by Gasteiger charge is -2.26. The van der Waals surface area contributed by atoms with Crippen molar-refractivity contribution in [3.05, 3.63) is 83.9 Å². The highest BCUT2D eigenvalue weighted by Crippen LogP contribution is 2.32. The largest absolute Gasteiger partial charge is 0.497 e. The summed E-state index contributed by atoms with van der Waals surface area (Å²) in [4.78, 5) is 27.1. The average molecular weight is 538 g/mol. The van der Waals surface area contributed by atoms with Crippen molar-refractivity contribution in [1.29, 1.82) is 0 Å². The highest BCUT2D eigenvalue weighted by molar-refractivity contribution is 7.92. The van der Waals surface area contributed by atoms with Crippen LogP contribution < -0.4 is 19.1 Å². The molecule has 1 N–H and O–H groups in total. The third kappa shape index (κ3) is 6.08. The van der Waals surface area contributed by atoms with Gasteiger partial charge in [0.15, 0.2) is 0 Å². The second-order valence-corrected chi connectivity index (χ2v) is 10.7. The fraction of sp³-hybridized carbons (Fsp3) is 0.286. The van der Waals surface area contributed by atoms with Crippen molar-refractivity contribution < 1.29 is 27.5 Å². The molecule has 0 unspecified atom stereocenters. The van der Waals surface area contributed by atoms with Crippen LogP contribution in [0.4, 0.5) is 5.69 Å². The van der Waals surface area contributed by atoms with Crippen LogP contribution in [0.1, 0.15) is 24.0 Å². The van der Waals surface area contributed by atoms with Crippen LogP contribution >= 0.6 is 0 Å². The molecule has 9 nitrogen and oxygen atoms in total. The molecule has 0 saturated carbocycles. The van der Waals surface area contributed by atoms with Gasteiger partial charge in [0, 0.05) is 26.1 Å². The van der Waals surface area contributed by atoms with Crippen molar-refractivity contribution in [3.8, 4) is 11.5 Å². The number of ether oxygens (including phenoxy) is 2. The van der Waals surface area contributed by atoms with Crippen LogP contribution in [0.15, 0.2) is 77.7 Å². The first-order valence-corrected chi connectivity index (χ1v) is 13.7. The van der Waals surface area contributed by atoms with E-state index in [9.17, 15) is 18.0 Å². The fourth-order valence-corrected chi connectivity index (χ4v) is 5.78. The molecule has 1 fully saturated rings. The molecular weight excluding hydrogens is 506 g/mol. The molecule has 1 aliphatic rings. The fourth-order valence-electron chi connectivity index (χ4n) is 4.35. The van der Waals surface area contributed by atoms with E-state index in [1.165, 1.54) is 26.4 Å². The zero-order valence-electron chi connectivity index (χ0n) is 21.4. The number of carbonyl (C=O) groups excluding carboxylic acids is 2. The molecular formula is C28H31N3O6S. The third-order valence-corrected chi connectivity index (χ3v) is 8.19. The van der Waals surface area contributed by atoms with Crippen LogP contribution in [-0.2, 0) is 32.7 Å². The summed E-state index contributed by atoms with van der Waals surface area (Å²) in [6.45, 7) is 0.932. The molecule has 1 saturated heterocycles. The summed E-state index contributed by atoms with van der Waals surface area (Å²) in [7, 11) is -1.19. The number of nitrogens with one attached hydrogen (secondary N) is 1. The minimum Gasteiger partial charge on any atom is -0.497 e. The molecule has 1 aliphatic heterocycles. The molecule has 3 aromatic rings. The Hall–Kier alpha value is -4.05. The van der Waals surface area contributed by atoms with E-state index in [1.807, 2.05) is 29.2 Å². The first-order valence-electron chi connectivity index (χ1n) is 12.2. The Labute approximate surface area is 223 Å². The smallest absolute Gasteiger partial charge is 0.264 e. The topological polar surface area (TPSA) is 105 Å². The maximum absolute atomic E-state index is 13.7. The highest BCUT2D eigenvalue weighted by Gasteiger charge is 2.29. The van der Waals surface area contributed by atoms with Crippen molar-refractivity contribution in [3.63, 3.8) is 0 Å². The van der Waals surface area contributed by atoms with Crippen molar-refractivity contribution in [2.75, 3.05) is 31.6 Å². The number of benzene rings is 3. The molecule has 0 radical (unpaired) electrons. The highest BCUT2D eigenvalue weighted by atomic mass is 32.2. The Morgan fingerprint density at radius 2 is 1.63 bits per heavy atom. The van der Waals surface area contributed by atoms with E-state index >= 15 is 0 Å². The van der Waals surface area contributed by atoms with E-state index < -0.39 is 22.5 Å². The predicted molar refractivity (Wildman–Crippen MR) is 143 cm³/mol. The van der Waals surface area contributed by atoms with E-state index in [0.717, 1.165) is 28.4 Å². The molecule has 0 atom stereocenters. The summed E-state index contributed by atoms with van der Waals surface area (Å²) < 4.78 is 39.0. The maximum Gasteiger partial charge on any atom is 0.264 e. The number of carbonyl (C=O) groups is 2. The number of rotatable bonds is 11. The Balaban J connectivity index is 1.55. The second-order valence-electron chi connectivity index (χ2n) is 8.82. The number of anilines is 1. The van der Waals surface area contributed by atoms with Gasteiger partial charge in [0.2, 0.25) is 11.8 Å². The lowest BCUT2D eigenvalue weighted by atomic mass is 10.1. The lowest BCUT2D eigenvalue weighted by molar-refractivity contribution is -0.128. The molecule has 3 aromatic carbocycles. The monoisotopic (exact) mass is 537 g/mol.